The van der Waals surface area contributed by atoms with Crippen LogP contribution in [0, 0.1) is 0 Å². The molecule has 0 aliphatic rings. The summed E-state index contributed by atoms with van der Waals surface area (Å²) >= 11 is 0. The van der Waals surface area contributed by atoms with Crippen LogP contribution in [-0.2, 0) is 6.18 Å². The number of nitrogens with zero attached hydrogens (tertiary/aromatic N) is 2. The second-order valence-corrected chi connectivity index (χ2v) is 6.10. The molecule has 1 heterocycles. The lowest BCUT2D eigenvalue weighted by atomic mass is 10.1. The Morgan fingerprint density at radius 2 is 1.26 bits per heavy atom. The Morgan fingerprint density at radius 3 is 1.85 bits per heavy atom. The molecule has 0 aliphatic heterocycles. The molecule has 0 radical (unpaired) electrons. The van der Waals surface area contributed by atoms with Gasteiger partial charge in [-0.2, -0.15) is 13.2 Å². The molecule has 3 aromatic carbocycles. The monoisotopic (exact) mass is 364 g/mol. The van der Waals surface area contributed by atoms with Gasteiger partial charge in [0.15, 0.2) is 0 Å². The van der Waals surface area contributed by atoms with Crippen molar-refractivity contribution in [3.05, 3.63) is 96.7 Å². The highest BCUT2D eigenvalue weighted by Crippen LogP contribution is 2.32. The van der Waals surface area contributed by atoms with Gasteiger partial charge in [-0.3, -0.25) is 4.57 Å². The zero-order valence-corrected chi connectivity index (χ0v) is 14.2. The zero-order valence-electron chi connectivity index (χ0n) is 14.2. The molecular formula is C22H15F3N2. The lowest BCUT2D eigenvalue weighted by molar-refractivity contribution is -0.137. The van der Waals surface area contributed by atoms with Crippen molar-refractivity contribution in [2.75, 3.05) is 0 Å². The summed E-state index contributed by atoms with van der Waals surface area (Å²) in [5, 5.41) is 0. The molecule has 0 unspecified atom stereocenters. The molecule has 0 amide bonds. The number of para-hydroxylation sites is 1. The highest BCUT2D eigenvalue weighted by molar-refractivity contribution is 5.67. The van der Waals surface area contributed by atoms with Crippen LogP contribution in [0.5, 0.6) is 0 Å². The molecule has 4 aromatic rings. The lowest BCUT2D eigenvalue weighted by Crippen LogP contribution is -2.04. The Morgan fingerprint density at radius 1 is 0.667 bits per heavy atom. The van der Waals surface area contributed by atoms with Crippen LogP contribution in [-0.4, -0.2) is 9.55 Å². The molecule has 2 nitrogen and oxygen atoms in total. The van der Waals surface area contributed by atoms with Gasteiger partial charge in [-0.05, 0) is 24.3 Å². The summed E-state index contributed by atoms with van der Waals surface area (Å²) in [4.78, 5) is 4.70. The molecule has 0 spiro atoms. The first kappa shape index (κ1) is 17.1. The molecule has 134 valence electrons. The van der Waals surface area contributed by atoms with Crippen molar-refractivity contribution in [3.8, 4) is 28.3 Å². The third-order valence-electron chi connectivity index (χ3n) is 4.28. The molecule has 0 N–H and O–H groups in total. The topological polar surface area (TPSA) is 17.8 Å². The van der Waals surface area contributed by atoms with Gasteiger partial charge in [0.2, 0.25) is 0 Å². The predicted molar refractivity (Wildman–Crippen MR) is 99.4 cm³/mol. The summed E-state index contributed by atoms with van der Waals surface area (Å²) in [5.41, 5.74) is 2.54. The van der Waals surface area contributed by atoms with Crippen LogP contribution >= 0.6 is 0 Å². The van der Waals surface area contributed by atoms with Crippen molar-refractivity contribution in [2.24, 2.45) is 0 Å². The fourth-order valence-electron chi connectivity index (χ4n) is 2.93. The molecule has 0 aliphatic carbocycles. The summed E-state index contributed by atoms with van der Waals surface area (Å²) in [6.45, 7) is 0. The van der Waals surface area contributed by atoms with Crippen LogP contribution < -0.4 is 0 Å². The van der Waals surface area contributed by atoms with Crippen LogP contribution in [0.15, 0.2) is 91.1 Å². The van der Waals surface area contributed by atoms with E-state index in [1.165, 1.54) is 12.1 Å². The molecule has 0 saturated heterocycles. The number of hydrogen-bond acceptors (Lipinski definition) is 1. The minimum atomic E-state index is -4.36. The van der Waals surface area contributed by atoms with Crippen molar-refractivity contribution in [2.45, 2.75) is 6.18 Å². The van der Waals surface area contributed by atoms with Gasteiger partial charge in [-0.15, -0.1) is 0 Å². The molecule has 0 bridgehead atoms. The second kappa shape index (κ2) is 6.76. The first-order valence-corrected chi connectivity index (χ1v) is 8.40. The Labute approximate surface area is 154 Å². The van der Waals surface area contributed by atoms with Crippen LogP contribution in [0.2, 0.25) is 0 Å². The Bertz CT molecular complexity index is 1030. The van der Waals surface area contributed by atoms with Crippen molar-refractivity contribution in [1.29, 1.82) is 0 Å². The van der Waals surface area contributed by atoms with E-state index in [0.29, 0.717) is 11.4 Å². The predicted octanol–water partition coefficient (Wildman–Crippen LogP) is 6.23. The first-order valence-electron chi connectivity index (χ1n) is 8.40. The maximum absolute atomic E-state index is 12.9. The first-order chi connectivity index (χ1) is 13.0. The van der Waals surface area contributed by atoms with Crippen molar-refractivity contribution >= 4 is 0 Å². The molecule has 0 saturated carbocycles. The van der Waals surface area contributed by atoms with Crippen LogP contribution in [0.25, 0.3) is 28.3 Å². The van der Waals surface area contributed by atoms with E-state index < -0.39 is 11.7 Å². The summed E-state index contributed by atoms with van der Waals surface area (Å²) in [5.74, 6) is 0.591. The van der Waals surface area contributed by atoms with Gasteiger partial charge in [-0.1, -0.05) is 60.7 Å². The molecule has 27 heavy (non-hydrogen) atoms. The van der Waals surface area contributed by atoms with E-state index in [1.54, 1.807) is 0 Å². The van der Waals surface area contributed by atoms with Crippen LogP contribution in [0.3, 0.4) is 0 Å². The minimum absolute atomic E-state index is 0.591. The van der Waals surface area contributed by atoms with Gasteiger partial charge < -0.3 is 0 Å². The number of benzene rings is 3. The maximum atomic E-state index is 12.9. The number of aromatic nitrogens is 2. The number of rotatable bonds is 3. The van der Waals surface area contributed by atoms with E-state index in [9.17, 15) is 13.2 Å². The molecule has 4 rings (SSSR count). The fourth-order valence-corrected chi connectivity index (χ4v) is 2.93. The van der Waals surface area contributed by atoms with E-state index in [2.05, 4.69) is 0 Å². The summed E-state index contributed by atoms with van der Waals surface area (Å²) < 4.78 is 40.5. The van der Waals surface area contributed by atoms with E-state index in [0.717, 1.165) is 29.1 Å². The largest absolute Gasteiger partial charge is 0.416 e. The average Bonchev–Trinajstić information content (AvgIpc) is 3.14. The summed E-state index contributed by atoms with van der Waals surface area (Å²) in [6, 6.07) is 24.4. The number of imidazole rings is 1. The Kier molecular flexibility index (Phi) is 4.28. The van der Waals surface area contributed by atoms with E-state index in [1.807, 2.05) is 71.4 Å². The Hall–Kier alpha value is -3.34. The minimum Gasteiger partial charge on any atom is -0.299 e. The maximum Gasteiger partial charge on any atom is 0.416 e. The van der Waals surface area contributed by atoms with Crippen molar-refractivity contribution in [1.82, 2.24) is 9.55 Å². The molecule has 0 atom stereocenters. The highest BCUT2D eigenvalue weighted by Gasteiger charge is 2.30. The SMILES string of the molecule is FC(F)(F)c1ccc(-c2nc(-c3ccccc3)cn2-c2ccccc2)cc1. The summed E-state index contributed by atoms with van der Waals surface area (Å²) in [6.07, 6.45) is -2.46. The Balaban J connectivity index is 1.85. The smallest absolute Gasteiger partial charge is 0.299 e. The van der Waals surface area contributed by atoms with Gasteiger partial charge in [0, 0.05) is 23.0 Å². The second-order valence-electron chi connectivity index (χ2n) is 6.10. The molecular weight excluding hydrogens is 349 g/mol. The van der Waals surface area contributed by atoms with Crippen molar-refractivity contribution < 1.29 is 13.2 Å². The van der Waals surface area contributed by atoms with Gasteiger partial charge in [0.05, 0.1) is 11.3 Å². The number of alkyl halides is 3. The third kappa shape index (κ3) is 3.49. The molecule has 5 heteroatoms. The average molecular weight is 364 g/mol. The fraction of sp³-hybridized carbons (Fsp3) is 0.0455. The lowest BCUT2D eigenvalue weighted by Gasteiger charge is -2.09. The van der Waals surface area contributed by atoms with Gasteiger partial charge in [0.25, 0.3) is 0 Å². The quantitative estimate of drug-likeness (QED) is 0.422. The summed E-state index contributed by atoms with van der Waals surface area (Å²) in [7, 11) is 0. The van der Waals surface area contributed by atoms with Crippen LogP contribution in [0.1, 0.15) is 5.56 Å². The van der Waals surface area contributed by atoms with Crippen LogP contribution in [0.4, 0.5) is 13.2 Å². The zero-order chi connectivity index (χ0) is 18.9. The van der Waals surface area contributed by atoms with E-state index in [4.69, 9.17) is 4.98 Å². The van der Waals surface area contributed by atoms with E-state index >= 15 is 0 Å². The highest BCUT2D eigenvalue weighted by atomic mass is 19.4. The normalized spacial score (nSPS) is 11.5. The van der Waals surface area contributed by atoms with E-state index in [-0.39, 0.29) is 0 Å². The molecule has 0 fully saturated rings. The number of halogens is 3. The third-order valence-corrected chi connectivity index (χ3v) is 4.28. The van der Waals surface area contributed by atoms with Gasteiger partial charge in [0.1, 0.15) is 5.82 Å². The van der Waals surface area contributed by atoms with Crippen molar-refractivity contribution in [3.63, 3.8) is 0 Å². The van der Waals surface area contributed by atoms with Gasteiger partial charge >= 0.3 is 6.18 Å². The van der Waals surface area contributed by atoms with Gasteiger partial charge in [-0.25, -0.2) is 4.98 Å². The standard InChI is InChI=1S/C22H15F3N2/c23-22(24,25)18-13-11-17(12-14-18)21-26-20(16-7-3-1-4-8-16)15-27(21)19-9-5-2-6-10-19/h1-15H. The molecule has 1 aromatic heterocycles. The number of hydrogen-bond donors (Lipinski definition) is 0.